The number of amides is 2. The van der Waals surface area contributed by atoms with Crippen molar-refractivity contribution in [3.63, 3.8) is 0 Å². The van der Waals surface area contributed by atoms with E-state index >= 15 is 0 Å². The Morgan fingerprint density at radius 2 is 1.77 bits per heavy atom. The first-order chi connectivity index (χ1) is 20.9. The standard InChI is InChI=1S/C32H30ClFN6O3/c33-31-25(11-6-12-27(31)34)17-35-19-30(41)38-26(16-29-36-13-14-40(29)20-22-7-2-1-3-8-22)21-43-32(42)39-28-15-23-9-4-5-10-24(23)18-37-28/h1-15,18,26,35H,16-17,19-21H2,(H,38,41)(H,37,39,42). The second-order valence-electron chi connectivity index (χ2n) is 9.88. The molecule has 0 aliphatic heterocycles. The number of carbonyl (C=O) groups excluding carboxylic acids is 2. The number of hydrogen-bond donors (Lipinski definition) is 3. The van der Waals surface area contributed by atoms with Crippen LogP contribution in [0.1, 0.15) is 17.0 Å². The average molecular weight is 601 g/mol. The van der Waals surface area contributed by atoms with Gasteiger partial charge in [0.2, 0.25) is 5.91 Å². The van der Waals surface area contributed by atoms with Crippen molar-refractivity contribution >= 4 is 40.2 Å². The summed E-state index contributed by atoms with van der Waals surface area (Å²) in [6.07, 6.45) is 4.84. The van der Waals surface area contributed by atoms with Gasteiger partial charge in [0.05, 0.1) is 17.6 Å². The smallest absolute Gasteiger partial charge is 0.412 e. The highest BCUT2D eigenvalue weighted by atomic mass is 35.5. The van der Waals surface area contributed by atoms with Gasteiger partial charge in [0.25, 0.3) is 0 Å². The predicted octanol–water partition coefficient (Wildman–Crippen LogP) is 5.34. The fraction of sp³-hybridized carbons (Fsp3) is 0.188. The van der Waals surface area contributed by atoms with Crippen LogP contribution in [0.5, 0.6) is 0 Å². The number of pyridine rings is 1. The van der Waals surface area contributed by atoms with E-state index in [2.05, 4.69) is 25.9 Å². The molecular formula is C32H30ClFN6O3. The number of ether oxygens (including phenoxy) is 1. The van der Waals surface area contributed by atoms with E-state index in [4.69, 9.17) is 16.3 Å². The minimum atomic E-state index is -0.700. The highest BCUT2D eigenvalue weighted by Gasteiger charge is 2.19. The van der Waals surface area contributed by atoms with Crippen LogP contribution < -0.4 is 16.0 Å². The number of fused-ring (bicyclic) bond motifs is 1. The number of hydrogen-bond acceptors (Lipinski definition) is 6. The molecule has 11 heteroatoms. The summed E-state index contributed by atoms with van der Waals surface area (Å²) in [7, 11) is 0. The van der Waals surface area contributed by atoms with Crippen molar-refractivity contribution in [2.75, 3.05) is 18.5 Å². The minimum absolute atomic E-state index is 0.0128. The van der Waals surface area contributed by atoms with Crippen molar-refractivity contribution in [1.29, 1.82) is 0 Å². The summed E-state index contributed by atoms with van der Waals surface area (Å²) in [5.74, 6) is 0.210. The molecule has 0 fully saturated rings. The molecule has 0 saturated carbocycles. The lowest BCUT2D eigenvalue weighted by atomic mass is 10.2. The molecule has 0 radical (unpaired) electrons. The van der Waals surface area contributed by atoms with Crippen LogP contribution in [0.4, 0.5) is 15.0 Å². The Morgan fingerprint density at radius 1 is 0.977 bits per heavy atom. The number of aromatic nitrogens is 3. The van der Waals surface area contributed by atoms with Gasteiger partial charge in [0, 0.05) is 43.5 Å². The molecule has 5 aromatic rings. The molecule has 1 unspecified atom stereocenters. The molecule has 5 rings (SSSR count). The van der Waals surface area contributed by atoms with Gasteiger partial charge >= 0.3 is 6.09 Å². The maximum Gasteiger partial charge on any atom is 0.412 e. The number of nitrogens with one attached hydrogen (secondary N) is 3. The molecule has 3 N–H and O–H groups in total. The van der Waals surface area contributed by atoms with Crippen LogP contribution in [0.25, 0.3) is 10.8 Å². The van der Waals surface area contributed by atoms with E-state index in [9.17, 15) is 14.0 Å². The van der Waals surface area contributed by atoms with Gasteiger partial charge in [-0.1, -0.05) is 78.3 Å². The lowest BCUT2D eigenvalue weighted by Gasteiger charge is -2.20. The fourth-order valence-electron chi connectivity index (χ4n) is 4.57. The van der Waals surface area contributed by atoms with Gasteiger partial charge in [-0.15, -0.1) is 0 Å². The molecule has 0 saturated heterocycles. The first-order valence-electron chi connectivity index (χ1n) is 13.7. The van der Waals surface area contributed by atoms with E-state index in [1.807, 2.05) is 65.4 Å². The minimum Gasteiger partial charge on any atom is -0.447 e. The van der Waals surface area contributed by atoms with Crippen molar-refractivity contribution in [1.82, 2.24) is 25.2 Å². The second-order valence-corrected chi connectivity index (χ2v) is 10.3. The Labute approximate surface area is 253 Å². The highest BCUT2D eigenvalue weighted by Crippen LogP contribution is 2.19. The van der Waals surface area contributed by atoms with Crippen LogP contribution in [-0.2, 0) is 29.0 Å². The van der Waals surface area contributed by atoms with Crippen molar-refractivity contribution < 1.29 is 18.7 Å². The summed E-state index contributed by atoms with van der Waals surface area (Å²) in [5, 5.41) is 10.4. The normalized spacial score (nSPS) is 11.7. The van der Waals surface area contributed by atoms with Crippen molar-refractivity contribution in [2.45, 2.75) is 25.6 Å². The molecule has 0 aliphatic rings. The summed E-state index contributed by atoms with van der Waals surface area (Å²) < 4.78 is 21.2. The predicted molar refractivity (Wildman–Crippen MR) is 163 cm³/mol. The van der Waals surface area contributed by atoms with Crippen LogP contribution in [0, 0.1) is 5.82 Å². The lowest BCUT2D eigenvalue weighted by Crippen LogP contribution is -2.44. The third-order valence-electron chi connectivity index (χ3n) is 6.70. The van der Waals surface area contributed by atoms with E-state index in [1.165, 1.54) is 6.07 Å². The molecule has 0 aliphatic carbocycles. The molecule has 2 aromatic heterocycles. The van der Waals surface area contributed by atoms with Crippen molar-refractivity contribution in [3.8, 4) is 0 Å². The fourth-order valence-corrected chi connectivity index (χ4v) is 4.76. The van der Waals surface area contributed by atoms with Crippen LogP contribution in [0.3, 0.4) is 0 Å². The van der Waals surface area contributed by atoms with E-state index < -0.39 is 18.0 Å². The summed E-state index contributed by atoms with van der Waals surface area (Å²) >= 11 is 6.02. The molecule has 0 bridgehead atoms. The maximum absolute atomic E-state index is 13.7. The van der Waals surface area contributed by atoms with Crippen LogP contribution in [-0.4, -0.2) is 45.7 Å². The number of halogens is 2. The van der Waals surface area contributed by atoms with Crippen molar-refractivity contribution in [3.05, 3.63) is 125 Å². The summed E-state index contributed by atoms with van der Waals surface area (Å²) in [6, 6.07) is 23.3. The summed E-state index contributed by atoms with van der Waals surface area (Å²) in [4.78, 5) is 34.3. The van der Waals surface area contributed by atoms with Gasteiger partial charge in [0.15, 0.2) is 0 Å². The zero-order valence-electron chi connectivity index (χ0n) is 23.2. The second kappa shape index (κ2) is 14.4. The summed E-state index contributed by atoms with van der Waals surface area (Å²) in [5.41, 5.74) is 1.64. The Kier molecular flexibility index (Phi) is 9.94. The number of anilines is 1. The molecule has 0 spiro atoms. The maximum atomic E-state index is 13.7. The van der Waals surface area contributed by atoms with E-state index in [0.717, 1.165) is 16.3 Å². The molecule has 2 amide bonds. The Bertz CT molecular complexity index is 1700. The molecular weight excluding hydrogens is 571 g/mol. The van der Waals surface area contributed by atoms with Gasteiger partial charge in [-0.3, -0.25) is 10.1 Å². The SMILES string of the molecule is O=C(CNCc1cccc(F)c1Cl)NC(COC(=O)Nc1cc2ccccc2cn1)Cc1nccn1Cc1ccccc1. The Balaban J connectivity index is 1.22. The zero-order chi connectivity index (χ0) is 30.0. The Morgan fingerprint density at radius 3 is 2.60 bits per heavy atom. The largest absolute Gasteiger partial charge is 0.447 e. The first kappa shape index (κ1) is 29.7. The Hall–Kier alpha value is -4.80. The van der Waals surface area contributed by atoms with E-state index in [0.29, 0.717) is 30.2 Å². The van der Waals surface area contributed by atoms with Gasteiger partial charge < -0.3 is 19.9 Å². The topological polar surface area (TPSA) is 110 Å². The number of imidazole rings is 1. The van der Waals surface area contributed by atoms with Crippen LogP contribution in [0.2, 0.25) is 5.02 Å². The molecule has 9 nitrogen and oxygen atoms in total. The van der Waals surface area contributed by atoms with Crippen molar-refractivity contribution in [2.24, 2.45) is 0 Å². The van der Waals surface area contributed by atoms with E-state index in [1.54, 1.807) is 30.6 Å². The van der Waals surface area contributed by atoms with Gasteiger partial charge in [-0.25, -0.2) is 19.2 Å². The monoisotopic (exact) mass is 600 g/mol. The molecule has 3 aromatic carbocycles. The van der Waals surface area contributed by atoms with Gasteiger partial charge in [-0.05, 0) is 28.6 Å². The number of carbonyl (C=O) groups is 2. The quantitative estimate of drug-likeness (QED) is 0.178. The third-order valence-corrected chi connectivity index (χ3v) is 7.12. The molecule has 43 heavy (non-hydrogen) atoms. The van der Waals surface area contributed by atoms with Crippen LogP contribution in [0.15, 0.2) is 97.5 Å². The van der Waals surface area contributed by atoms with Gasteiger partial charge in [0.1, 0.15) is 24.1 Å². The molecule has 1 atom stereocenters. The summed E-state index contributed by atoms with van der Waals surface area (Å²) in [6.45, 7) is 0.629. The van der Waals surface area contributed by atoms with Gasteiger partial charge in [-0.2, -0.15) is 0 Å². The number of nitrogens with zero attached hydrogens (tertiary/aromatic N) is 3. The number of rotatable bonds is 12. The first-order valence-corrected chi connectivity index (χ1v) is 14.1. The van der Waals surface area contributed by atoms with Crippen LogP contribution >= 0.6 is 11.6 Å². The average Bonchev–Trinajstić information content (AvgIpc) is 3.44. The number of benzene rings is 3. The lowest BCUT2D eigenvalue weighted by molar-refractivity contribution is -0.121. The molecule has 220 valence electrons. The van der Waals surface area contributed by atoms with E-state index in [-0.39, 0.29) is 30.6 Å². The third kappa shape index (κ3) is 8.37. The zero-order valence-corrected chi connectivity index (χ0v) is 23.9. The highest BCUT2D eigenvalue weighted by molar-refractivity contribution is 6.31. The molecule has 2 heterocycles.